The number of hydrogen-bond donors (Lipinski definition) is 1. The van der Waals surface area contributed by atoms with Gasteiger partial charge in [-0.1, -0.05) is 30.3 Å². The van der Waals surface area contributed by atoms with Crippen molar-refractivity contribution < 1.29 is 18.1 Å². The number of carbonyl (C=O) groups excluding carboxylic acids is 1. The van der Waals surface area contributed by atoms with Crippen molar-refractivity contribution in [3.05, 3.63) is 82.0 Å². The Bertz CT molecular complexity index is 1170. The Hall–Kier alpha value is -3.53. The number of nitrogens with one attached hydrogen (secondary N) is 1. The third-order valence-electron chi connectivity index (χ3n) is 4.52. The van der Waals surface area contributed by atoms with E-state index in [1.165, 1.54) is 28.9 Å². The molecule has 0 aliphatic rings. The number of amides is 1. The maximum Gasteiger partial charge on any atom is 0.269 e. The van der Waals surface area contributed by atoms with Crippen molar-refractivity contribution in [1.82, 2.24) is 9.78 Å². The van der Waals surface area contributed by atoms with E-state index in [0.29, 0.717) is 24.2 Å². The Labute approximate surface area is 179 Å². The van der Waals surface area contributed by atoms with Crippen LogP contribution in [0.4, 0.5) is 11.5 Å². The predicted octanol–water partition coefficient (Wildman–Crippen LogP) is 3.08. The highest BCUT2D eigenvalue weighted by Crippen LogP contribution is 2.20. The van der Waals surface area contributed by atoms with Gasteiger partial charge in [0.05, 0.1) is 22.1 Å². The van der Waals surface area contributed by atoms with Gasteiger partial charge in [0.15, 0.2) is 9.84 Å². The van der Waals surface area contributed by atoms with Crippen molar-refractivity contribution in [3.63, 3.8) is 0 Å². The van der Waals surface area contributed by atoms with Gasteiger partial charge in [0.2, 0.25) is 5.91 Å². The number of benzene rings is 2. The number of aromatic nitrogens is 2. The number of nitro benzene ring substituents is 1. The van der Waals surface area contributed by atoms with E-state index < -0.39 is 26.4 Å². The fourth-order valence-electron chi connectivity index (χ4n) is 3.09. The first-order valence-corrected chi connectivity index (χ1v) is 11.4. The van der Waals surface area contributed by atoms with E-state index in [1.54, 1.807) is 13.0 Å². The van der Waals surface area contributed by atoms with Gasteiger partial charge in [-0.05, 0) is 37.5 Å². The monoisotopic (exact) mass is 442 g/mol. The van der Waals surface area contributed by atoms with E-state index in [9.17, 15) is 23.3 Å². The Morgan fingerprint density at radius 2 is 1.81 bits per heavy atom. The minimum atomic E-state index is -3.57. The molecule has 3 aromatic rings. The lowest BCUT2D eigenvalue weighted by Gasteiger charge is -2.09. The zero-order valence-corrected chi connectivity index (χ0v) is 17.7. The second-order valence-corrected chi connectivity index (χ2v) is 9.27. The molecule has 0 unspecified atom stereocenters. The molecule has 0 spiro atoms. The molecule has 1 aromatic heterocycles. The van der Waals surface area contributed by atoms with E-state index >= 15 is 0 Å². The number of anilines is 1. The predicted molar refractivity (Wildman–Crippen MR) is 117 cm³/mol. The molecule has 0 atom stereocenters. The molecule has 10 heteroatoms. The number of rotatable bonds is 9. The SMILES string of the molecule is Cc1cc(NC(=O)CS(=O)(=O)CCCc2ccccc2)n(-c2ccc([N+](=O)[O-])cc2)n1. The van der Waals surface area contributed by atoms with Crippen LogP contribution < -0.4 is 5.32 Å². The van der Waals surface area contributed by atoms with Crippen molar-refractivity contribution in [3.8, 4) is 5.69 Å². The summed E-state index contributed by atoms with van der Waals surface area (Å²) in [6.07, 6.45) is 1.05. The fourth-order valence-corrected chi connectivity index (χ4v) is 4.29. The quantitative estimate of drug-likeness (QED) is 0.401. The summed E-state index contributed by atoms with van der Waals surface area (Å²) in [6, 6.07) is 16.8. The zero-order valence-electron chi connectivity index (χ0n) is 16.9. The first-order valence-electron chi connectivity index (χ1n) is 9.59. The molecule has 0 aliphatic carbocycles. The molecule has 0 saturated carbocycles. The summed E-state index contributed by atoms with van der Waals surface area (Å²) in [6.45, 7) is 1.72. The highest BCUT2D eigenvalue weighted by atomic mass is 32.2. The van der Waals surface area contributed by atoms with Gasteiger partial charge >= 0.3 is 0 Å². The molecule has 0 aliphatic heterocycles. The fraction of sp³-hybridized carbons (Fsp3) is 0.238. The smallest absolute Gasteiger partial charge is 0.269 e. The standard InChI is InChI=1S/C21H22N4O5S/c1-16-14-20(24(23-16)18-9-11-19(12-10-18)25(27)28)22-21(26)15-31(29,30)13-5-8-17-6-3-2-4-7-17/h2-4,6-7,9-12,14H,5,8,13,15H2,1H3,(H,22,26). The molecule has 0 saturated heterocycles. The van der Waals surface area contributed by atoms with Crippen LogP contribution in [0.2, 0.25) is 0 Å². The van der Waals surface area contributed by atoms with Crippen LogP contribution in [0.15, 0.2) is 60.7 Å². The summed E-state index contributed by atoms with van der Waals surface area (Å²) in [7, 11) is -3.57. The second kappa shape index (κ2) is 9.52. The van der Waals surface area contributed by atoms with Crippen LogP contribution in [-0.2, 0) is 21.1 Å². The number of hydrogen-bond acceptors (Lipinski definition) is 6. The molecule has 162 valence electrons. The van der Waals surface area contributed by atoms with E-state index in [1.807, 2.05) is 30.3 Å². The second-order valence-electron chi connectivity index (χ2n) is 7.09. The van der Waals surface area contributed by atoms with Crippen LogP contribution in [0, 0.1) is 17.0 Å². The van der Waals surface area contributed by atoms with Gasteiger partial charge in [0.1, 0.15) is 11.6 Å². The van der Waals surface area contributed by atoms with Gasteiger partial charge in [-0.2, -0.15) is 5.10 Å². The van der Waals surface area contributed by atoms with E-state index in [0.717, 1.165) is 5.56 Å². The number of aryl methyl sites for hydroxylation is 2. The largest absolute Gasteiger partial charge is 0.310 e. The maximum atomic E-state index is 12.4. The highest BCUT2D eigenvalue weighted by molar-refractivity contribution is 7.92. The zero-order chi connectivity index (χ0) is 22.4. The van der Waals surface area contributed by atoms with Crippen LogP contribution in [0.5, 0.6) is 0 Å². The lowest BCUT2D eigenvalue weighted by molar-refractivity contribution is -0.384. The molecule has 0 radical (unpaired) electrons. The topological polar surface area (TPSA) is 124 Å². The van der Waals surface area contributed by atoms with Crippen molar-refractivity contribution in [2.24, 2.45) is 0 Å². The summed E-state index contributed by atoms with van der Waals surface area (Å²) >= 11 is 0. The van der Waals surface area contributed by atoms with Gasteiger partial charge in [-0.25, -0.2) is 13.1 Å². The van der Waals surface area contributed by atoms with Crippen molar-refractivity contribution in [2.45, 2.75) is 19.8 Å². The van der Waals surface area contributed by atoms with E-state index in [2.05, 4.69) is 10.4 Å². The summed E-state index contributed by atoms with van der Waals surface area (Å²) in [5.74, 6) is -1.10. The molecule has 0 bridgehead atoms. The molecular formula is C21H22N4O5S. The lowest BCUT2D eigenvalue weighted by Crippen LogP contribution is -2.26. The van der Waals surface area contributed by atoms with Gasteiger partial charge in [-0.3, -0.25) is 14.9 Å². The first-order chi connectivity index (χ1) is 14.7. The molecular weight excluding hydrogens is 420 g/mol. The lowest BCUT2D eigenvalue weighted by atomic mass is 10.1. The van der Waals surface area contributed by atoms with Crippen LogP contribution >= 0.6 is 0 Å². The van der Waals surface area contributed by atoms with Crippen LogP contribution in [0.25, 0.3) is 5.69 Å². The number of sulfone groups is 1. The molecule has 2 aromatic carbocycles. The molecule has 3 rings (SSSR count). The first kappa shape index (κ1) is 22.2. The maximum absolute atomic E-state index is 12.4. The highest BCUT2D eigenvalue weighted by Gasteiger charge is 2.19. The molecule has 31 heavy (non-hydrogen) atoms. The molecule has 1 heterocycles. The summed E-state index contributed by atoms with van der Waals surface area (Å²) in [4.78, 5) is 22.7. The molecule has 1 amide bonds. The van der Waals surface area contributed by atoms with Crippen molar-refractivity contribution in [1.29, 1.82) is 0 Å². The Morgan fingerprint density at radius 1 is 1.13 bits per heavy atom. The van der Waals surface area contributed by atoms with Crippen LogP contribution in [0.3, 0.4) is 0 Å². The van der Waals surface area contributed by atoms with E-state index in [4.69, 9.17) is 0 Å². The van der Waals surface area contributed by atoms with Gasteiger partial charge in [0, 0.05) is 18.2 Å². The average Bonchev–Trinajstić information content (AvgIpc) is 3.08. The third kappa shape index (κ3) is 6.22. The number of nitrogens with zero attached hydrogens (tertiary/aromatic N) is 3. The summed E-state index contributed by atoms with van der Waals surface area (Å²) < 4.78 is 26.1. The minimum absolute atomic E-state index is 0.0696. The number of nitro groups is 1. The summed E-state index contributed by atoms with van der Waals surface area (Å²) in [5, 5.41) is 17.7. The number of non-ortho nitro benzene ring substituents is 1. The van der Waals surface area contributed by atoms with E-state index in [-0.39, 0.29) is 17.3 Å². The van der Waals surface area contributed by atoms with Gasteiger partial charge < -0.3 is 5.32 Å². The Morgan fingerprint density at radius 3 is 2.45 bits per heavy atom. The number of carbonyl (C=O) groups is 1. The third-order valence-corrected chi connectivity index (χ3v) is 6.13. The van der Waals surface area contributed by atoms with Crippen LogP contribution in [0.1, 0.15) is 17.7 Å². The van der Waals surface area contributed by atoms with Gasteiger partial charge in [-0.15, -0.1) is 0 Å². The normalized spacial score (nSPS) is 11.3. The van der Waals surface area contributed by atoms with Crippen molar-refractivity contribution >= 4 is 27.2 Å². The Balaban J connectivity index is 1.63. The molecule has 9 nitrogen and oxygen atoms in total. The molecule has 0 fully saturated rings. The van der Waals surface area contributed by atoms with Gasteiger partial charge in [0.25, 0.3) is 5.69 Å². The van der Waals surface area contributed by atoms with Crippen molar-refractivity contribution in [2.75, 3.05) is 16.8 Å². The Kier molecular flexibility index (Phi) is 6.81. The van der Waals surface area contributed by atoms with Crippen LogP contribution in [-0.4, -0.2) is 40.5 Å². The average molecular weight is 442 g/mol. The minimum Gasteiger partial charge on any atom is -0.310 e. The molecule has 1 N–H and O–H groups in total. The summed E-state index contributed by atoms with van der Waals surface area (Å²) in [5.41, 5.74) is 2.07.